The molecule has 4 rings (SSSR count). The van der Waals surface area contributed by atoms with E-state index in [1.54, 1.807) is 4.90 Å². The fraction of sp³-hybridized carbons (Fsp3) is 0.364. The zero-order chi connectivity index (χ0) is 20.9. The van der Waals surface area contributed by atoms with Gasteiger partial charge in [0.2, 0.25) is 5.91 Å². The number of hydrogen-bond acceptors (Lipinski definition) is 4. The second kappa shape index (κ2) is 6.73. The Kier molecular flexibility index (Phi) is 4.45. The van der Waals surface area contributed by atoms with Crippen LogP contribution < -0.4 is 11.5 Å². The Hall–Kier alpha value is -3.14. The zero-order valence-corrected chi connectivity index (χ0v) is 15.9. The molecule has 2 bridgehead atoms. The molecule has 1 aliphatic heterocycles. The van der Waals surface area contributed by atoms with Crippen molar-refractivity contribution in [3.05, 3.63) is 64.9 Å². The number of nitrogens with zero attached hydrogens (tertiary/aromatic N) is 2. The second-order valence-corrected chi connectivity index (χ2v) is 8.03. The van der Waals surface area contributed by atoms with E-state index < -0.39 is 17.0 Å². The van der Waals surface area contributed by atoms with Crippen LogP contribution >= 0.6 is 0 Å². The van der Waals surface area contributed by atoms with Crippen molar-refractivity contribution in [1.29, 1.82) is 5.26 Å². The summed E-state index contributed by atoms with van der Waals surface area (Å²) in [5.74, 6) is -1.58. The lowest BCUT2D eigenvalue weighted by molar-refractivity contribution is -0.144. The standard InChI is InChI=1S/C22H22F2N4O/c1-12-14-5-7-22(12,21(29)28-10-13(11-28)6-8-25)20(27)15(14)9-18(26)19-16(23)3-2-4-17(19)24/h2-4,9,13-14H,1,5-7,10-11,26-27H2/b18-9-/t14-,22-/m0/s1. The number of nitrogens with two attached hydrogens (primary N) is 2. The predicted molar refractivity (Wildman–Crippen MR) is 104 cm³/mol. The largest absolute Gasteiger partial charge is 0.401 e. The molecule has 4 N–H and O–H groups in total. The van der Waals surface area contributed by atoms with Gasteiger partial charge in [-0.1, -0.05) is 12.6 Å². The molecule has 5 nitrogen and oxygen atoms in total. The van der Waals surface area contributed by atoms with E-state index in [9.17, 15) is 13.6 Å². The summed E-state index contributed by atoms with van der Waals surface area (Å²) in [6.07, 6.45) is 3.14. The highest BCUT2D eigenvalue weighted by Crippen LogP contribution is 2.60. The Bertz CT molecular complexity index is 996. The van der Waals surface area contributed by atoms with Gasteiger partial charge in [0.1, 0.15) is 17.0 Å². The molecular formula is C22H22F2N4O. The molecule has 1 aromatic carbocycles. The van der Waals surface area contributed by atoms with E-state index in [0.717, 1.165) is 17.7 Å². The van der Waals surface area contributed by atoms with Crippen LogP contribution in [0.2, 0.25) is 0 Å². The summed E-state index contributed by atoms with van der Waals surface area (Å²) >= 11 is 0. The van der Waals surface area contributed by atoms with Crippen LogP contribution in [0.25, 0.3) is 5.70 Å². The van der Waals surface area contributed by atoms with Crippen LogP contribution in [-0.4, -0.2) is 23.9 Å². The highest BCUT2D eigenvalue weighted by atomic mass is 19.1. The van der Waals surface area contributed by atoms with Gasteiger partial charge in [-0.15, -0.1) is 0 Å². The summed E-state index contributed by atoms with van der Waals surface area (Å²) in [6.45, 7) is 5.21. The maximum atomic E-state index is 14.1. The summed E-state index contributed by atoms with van der Waals surface area (Å²) < 4.78 is 28.2. The van der Waals surface area contributed by atoms with Gasteiger partial charge in [0.15, 0.2) is 0 Å². The van der Waals surface area contributed by atoms with Gasteiger partial charge in [-0.2, -0.15) is 5.26 Å². The molecule has 29 heavy (non-hydrogen) atoms. The van der Waals surface area contributed by atoms with Crippen molar-refractivity contribution in [3.63, 3.8) is 0 Å². The maximum Gasteiger partial charge on any atom is 0.238 e. The summed E-state index contributed by atoms with van der Waals surface area (Å²) in [5.41, 5.74) is 12.8. The van der Waals surface area contributed by atoms with Crippen molar-refractivity contribution >= 4 is 11.6 Å². The Morgan fingerprint density at radius 3 is 2.66 bits per heavy atom. The van der Waals surface area contributed by atoms with E-state index in [2.05, 4.69) is 12.6 Å². The van der Waals surface area contributed by atoms with Crippen LogP contribution in [0.5, 0.6) is 0 Å². The molecule has 2 fully saturated rings. The Morgan fingerprint density at radius 1 is 1.38 bits per heavy atom. The first-order valence-corrected chi connectivity index (χ1v) is 9.58. The highest BCUT2D eigenvalue weighted by Gasteiger charge is 2.59. The number of nitriles is 1. The van der Waals surface area contributed by atoms with Crippen LogP contribution in [0, 0.1) is 40.2 Å². The Balaban J connectivity index is 1.68. The Labute approximate surface area is 168 Å². The number of carbonyl (C=O) groups excluding carboxylic acids is 1. The van der Waals surface area contributed by atoms with Gasteiger partial charge in [0, 0.05) is 42.7 Å². The number of allylic oxidation sites excluding steroid dienone is 2. The molecule has 0 unspecified atom stereocenters. The molecule has 3 aliphatic rings. The lowest BCUT2D eigenvalue weighted by Crippen LogP contribution is -2.55. The van der Waals surface area contributed by atoms with Crippen molar-refractivity contribution in [2.75, 3.05) is 13.1 Å². The minimum Gasteiger partial charge on any atom is -0.401 e. The normalized spacial score (nSPS) is 26.7. The minimum absolute atomic E-state index is 0.0699. The van der Waals surface area contributed by atoms with Gasteiger partial charge in [0.05, 0.1) is 11.6 Å². The van der Waals surface area contributed by atoms with Crippen LogP contribution in [0.4, 0.5) is 8.78 Å². The monoisotopic (exact) mass is 396 g/mol. The predicted octanol–water partition coefficient (Wildman–Crippen LogP) is 2.82. The zero-order valence-electron chi connectivity index (χ0n) is 15.9. The van der Waals surface area contributed by atoms with Gasteiger partial charge < -0.3 is 16.4 Å². The lowest BCUT2D eigenvalue weighted by Gasteiger charge is -2.43. The molecule has 0 spiro atoms. The van der Waals surface area contributed by atoms with E-state index in [4.69, 9.17) is 16.7 Å². The van der Waals surface area contributed by atoms with Gasteiger partial charge in [-0.05, 0) is 42.2 Å². The average Bonchev–Trinajstić information content (AvgIpc) is 3.07. The van der Waals surface area contributed by atoms with Crippen LogP contribution in [0.1, 0.15) is 24.8 Å². The minimum atomic E-state index is -0.984. The first kappa shape index (κ1) is 19.2. The molecule has 2 aliphatic carbocycles. The summed E-state index contributed by atoms with van der Waals surface area (Å²) in [5, 5.41) is 8.81. The van der Waals surface area contributed by atoms with Gasteiger partial charge in [-0.3, -0.25) is 4.79 Å². The first-order valence-electron chi connectivity index (χ1n) is 9.58. The molecule has 1 saturated carbocycles. The quantitative estimate of drug-likeness (QED) is 0.765. The number of likely N-dealkylation sites (tertiary alicyclic amines) is 1. The molecule has 1 amide bonds. The van der Waals surface area contributed by atoms with E-state index in [0.29, 0.717) is 43.6 Å². The fourth-order valence-corrected chi connectivity index (χ4v) is 4.89. The average molecular weight is 396 g/mol. The molecule has 1 aromatic rings. The number of fused-ring (bicyclic) bond motifs is 2. The SMILES string of the molecule is C=C1[C@@H]2CC[C@@]1(C(=O)N1CC(CC#N)C1)C(N)=C2/C=C(\N)c1c(F)cccc1F. The molecular weight excluding hydrogens is 374 g/mol. The maximum absolute atomic E-state index is 14.1. The Morgan fingerprint density at radius 2 is 2.03 bits per heavy atom. The van der Waals surface area contributed by atoms with E-state index in [1.807, 2.05) is 0 Å². The molecule has 150 valence electrons. The van der Waals surface area contributed by atoms with Gasteiger partial charge >= 0.3 is 0 Å². The molecule has 0 radical (unpaired) electrons. The molecule has 0 aromatic heterocycles. The molecule has 1 saturated heterocycles. The van der Waals surface area contributed by atoms with Crippen molar-refractivity contribution in [2.45, 2.75) is 19.3 Å². The van der Waals surface area contributed by atoms with E-state index in [-0.39, 0.29) is 29.0 Å². The third-order valence-electron chi connectivity index (χ3n) is 6.47. The van der Waals surface area contributed by atoms with Crippen LogP contribution in [0.3, 0.4) is 0 Å². The second-order valence-electron chi connectivity index (χ2n) is 8.03. The van der Waals surface area contributed by atoms with Crippen LogP contribution in [0.15, 0.2) is 47.7 Å². The summed E-state index contributed by atoms with van der Waals surface area (Å²) in [4.78, 5) is 15.0. The van der Waals surface area contributed by atoms with Crippen molar-refractivity contribution in [2.24, 2.45) is 28.7 Å². The molecule has 2 atom stereocenters. The van der Waals surface area contributed by atoms with Crippen LogP contribution in [-0.2, 0) is 4.79 Å². The summed E-state index contributed by atoms with van der Waals surface area (Å²) in [7, 11) is 0. The first-order chi connectivity index (χ1) is 13.8. The number of halogens is 2. The molecule has 1 heterocycles. The third kappa shape index (κ3) is 2.66. The van der Waals surface area contributed by atoms with Crippen molar-refractivity contribution < 1.29 is 13.6 Å². The fourth-order valence-electron chi connectivity index (χ4n) is 4.89. The number of carbonyl (C=O) groups is 1. The summed E-state index contributed by atoms with van der Waals surface area (Å²) in [6, 6.07) is 5.69. The lowest BCUT2D eigenvalue weighted by atomic mass is 9.78. The smallest absolute Gasteiger partial charge is 0.238 e. The van der Waals surface area contributed by atoms with Crippen molar-refractivity contribution in [3.8, 4) is 6.07 Å². The highest BCUT2D eigenvalue weighted by molar-refractivity contribution is 5.93. The van der Waals surface area contributed by atoms with E-state index in [1.165, 1.54) is 12.1 Å². The number of benzene rings is 1. The van der Waals surface area contributed by atoms with E-state index >= 15 is 0 Å². The number of hydrogen-bond donors (Lipinski definition) is 2. The van der Waals surface area contributed by atoms with Gasteiger partial charge in [0.25, 0.3) is 0 Å². The topological polar surface area (TPSA) is 96.1 Å². The molecule has 7 heteroatoms. The third-order valence-corrected chi connectivity index (χ3v) is 6.47. The van der Waals surface area contributed by atoms with Gasteiger partial charge in [-0.25, -0.2) is 8.78 Å². The number of rotatable bonds is 4. The van der Waals surface area contributed by atoms with Crippen molar-refractivity contribution in [1.82, 2.24) is 4.90 Å². The number of amides is 1.